The molecule has 1 heterocycles. The molecule has 1 unspecified atom stereocenters. The largest absolute Gasteiger partial charge is 0.461 e. The highest BCUT2D eigenvalue weighted by Gasteiger charge is 2.09. The van der Waals surface area contributed by atoms with Crippen LogP contribution >= 0.6 is 0 Å². The number of hydrogen-bond acceptors (Lipinski definition) is 3. The molecule has 0 saturated heterocycles. The Bertz CT molecular complexity index is 298. The summed E-state index contributed by atoms with van der Waals surface area (Å²) >= 11 is 0. The average Bonchev–Trinajstić information content (AvgIpc) is 2.27. The molecular weight excluding hydrogens is 190 g/mol. The van der Waals surface area contributed by atoms with Crippen LogP contribution in [0.2, 0.25) is 0 Å². The third-order valence-electron chi connectivity index (χ3n) is 2.15. The highest BCUT2D eigenvalue weighted by Crippen LogP contribution is 2.06. The lowest BCUT2D eigenvalue weighted by molar-refractivity contribution is 0.0437. The van der Waals surface area contributed by atoms with Crippen LogP contribution in [0.3, 0.4) is 0 Å². The van der Waals surface area contributed by atoms with Crippen molar-refractivity contribution in [2.24, 2.45) is 5.92 Å². The van der Waals surface area contributed by atoms with Gasteiger partial charge in [-0.2, -0.15) is 0 Å². The van der Waals surface area contributed by atoms with Gasteiger partial charge in [-0.05, 0) is 24.5 Å². The van der Waals surface area contributed by atoms with E-state index in [1.165, 1.54) is 0 Å². The Kier molecular flexibility index (Phi) is 4.81. The average molecular weight is 207 g/mol. The van der Waals surface area contributed by atoms with Gasteiger partial charge < -0.3 is 4.74 Å². The Balaban J connectivity index is 2.37. The lowest BCUT2D eigenvalue weighted by Crippen LogP contribution is -2.13. The smallest absolute Gasteiger partial charge is 0.356 e. The van der Waals surface area contributed by atoms with Crippen molar-refractivity contribution in [2.75, 3.05) is 6.61 Å². The van der Waals surface area contributed by atoms with E-state index >= 15 is 0 Å². The zero-order valence-electron chi connectivity index (χ0n) is 9.27. The first-order valence-corrected chi connectivity index (χ1v) is 5.32. The van der Waals surface area contributed by atoms with Crippen LogP contribution in [0, 0.1) is 5.92 Å². The molecule has 0 bridgehead atoms. The van der Waals surface area contributed by atoms with E-state index < -0.39 is 0 Å². The molecule has 0 radical (unpaired) electrons. The quantitative estimate of drug-likeness (QED) is 0.697. The summed E-state index contributed by atoms with van der Waals surface area (Å²) in [6.07, 6.45) is 3.78. The minimum atomic E-state index is -0.335. The summed E-state index contributed by atoms with van der Waals surface area (Å²) in [6, 6.07) is 5.21. The first-order valence-electron chi connectivity index (χ1n) is 5.32. The van der Waals surface area contributed by atoms with Crippen LogP contribution in [0.15, 0.2) is 24.4 Å². The maximum atomic E-state index is 11.5. The van der Waals surface area contributed by atoms with Crippen molar-refractivity contribution in [3.05, 3.63) is 30.1 Å². The molecule has 0 amide bonds. The molecule has 82 valence electrons. The van der Waals surface area contributed by atoms with Crippen molar-refractivity contribution < 1.29 is 9.53 Å². The summed E-state index contributed by atoms with van der Waals surface area (Å²) in [5.41, 5.74) is 0.376. The van der Waals surface area contributed by atoms with E-state index in [2.05, 4.69) is 18.8 Å². The predicted octanol–water partition coefficient (Wildman–Crippen LogP) is 2.67. The number of carbonyl (C=O) groups excluding carboxylic acids is 1. The van der Waals surface area contributed by atoms with Crippen molar-refractivity contribution >= 4 is 5.97 Å². The van der Waals surface area contributed by atoms with Crippen LogP contribution in [0.4, 0.5) is 0 Å². The Hall–Kier alpha value is -1.38. The summed E-state index contributed by atoms with van der Waals surface area (Å²) in [4.78, 5) is 15.4. The summed E-state index contributed by atoms with van der Waals surface area (Å²) in [6.45, 7) is 4.68. The zero-order chi connectivity index (χ0) is 11.1. The molecule has 3 nitrogen and oxygen atoms in total. The second-order valence-electron chi connectivity index (χ2n) is 3.71. The number of ether oxygens (including phenoxy) is 1. The maximum absolute atomic E-state index is 11.5. The van der Waals surface area contributed by atoms with E-state index in [1.54, 1.807) is 24.4 Å². The number of pyridine rings is 1. The molecule has 15 heavy (non-hydrogen) atoms. The van der Waals surface area contributed by atoms with E-state index in [0.717, 1.165) is 12.8 Å². The third kappa shape index (κ3) is 4.11. The number of esters is 1. The monoisotopic (exact) mass is 207 g/mol. The number of rotatable bonds is 5. The van der Waals surface area contributed by atoms with E-state index in [1.807, 2.05) is 0 Å². The first kappa shape index (κ1) is 11.7. The molecule has 0 spiro atoms. The van der Waals surface area contributed by atoms with Gasteiger partial charge in [0.15, 0.2) is 0 Å². The molecule has 0 N–H and O–H groups in total. The fourth-order valence-electron chi connectivity index (χ4n) is 1.35. The topological polar surface area (TPSA) is 39.2 Å². The van der Waals surface area contributed by atoms with Crippen molar-refractivity contribution in [1.82, 2.24) is 4.98 Å². The summed E-state index contributed by atoms with van der Waals surface area (Å²) in [5, 5.41) is 0. The number of nitrogens with zero attached hydrogens (tertiary/aromatic N) is 1. The number of carbonyl (C=O) groups is 1. The molecule has 0 saturated carbocycles. The fourth-order valence-corrected chi connectivity index (χ4v) is 1.35. The molecule has 3 heteroatoms. The molecule has 1 rings (SSSR count). The van der Waals surface area contributed by atoms with Gasteiger partial charge >= 0.3 is 5.97 Å². The van der Waals surface area contributed by atoms with Gasteiger partial charge in [0.05, 0.1) is 6.61 Å². The van der Waals surface area contributed by atoms with Crippen LogP contribution in [-0.4, -0.2) is 17.6 Å². The second-order valence-corrected chi connectivity index (χ2v) is 3.71. The Morgan fingerprint density at radius 3 is 2.93 bits per heavy atom. The van der Waals surface area contributed by atoms with Gasteiger partial charge in [0.1, 0.15) is 5.69 Å². The third-order valence-corrected chi connectivity index (χ3v) is 2.15. The lowest BCUT2D eigenvalue weighted by atomic mass is 10.1. The zero-order valence-corrected chi connectivity index (χ0v) is 9.27. The van der Waals surface area contributed by atoms with Crippen molar-refractivity contribution in [3.8, 4) is 0 Å². The summed E-state index contributed by atoms with van der Waals surface area (Å²) < 4.78 is 5.14. The molecular formula is C12H17NO2. The van der Waals surface area contributed by atoms with Crippen LogP contribution in [0.25, 0.3) is 0 Å². The number of hydrogen-bond donors (Lipinski definition) is 0. The van der Waals surface area contributed by atoms with Crippen LogP contribution < -0.4 is 0 Å². The number of aromatic nitrogens is 1. The van der Waals surface area contributed by atoms with Crippen molar-refractivity contribution in [3.63, 3.8) is 0 Å². The van der Waals surface area contributed by atoms with Gasteiger partial charge in [-0.25, -0.2) is 9.78 Å². The highest BCUT2D eigenvalue weighted by molar-refractivity contribution is 5.87. The molecule has 1 aromatic heterocycles. The SMILES string of the molecule is CCCC(C)COC(=O)c1ccccn1. The van der Waals surface area contributed by atoms with E-state index in [9.17, 15) is 4.79 Å². The van der Waals surface area contributed by atoms with Crippen LogP contribution in [0.5, 0.6) is 0 Å². The van der Waals surface area contributed by atoms with Gasteiger partial charge in [-0.1, -0.05) is 26.3 Å². The minimum Gasteiger partial charge on any atom is -0.461 e. The Labute approximate surface area is 90.5 Å². The molecule has 0 aliphatic carbocycles. The molecule has 0 aliphatic heterocycles. The predicted molar refractivity (Wildman–Crippen MR) is 58.6 cm³/mol. The normalized spacial score (nSPS) is 12.1. The summed E-state index contributed by atoms with van der Waals surface area (Å²) in [5.74, 6) is 0.0845. The van der Waals surface area contributed by atoms with Crippen molar-refractivity contribution in [1.29, 1.82) is 0 Å². The van der Waals surface area contributed by atoms with Gasteiger partial charge in [0.2, 0.25) is 0 Å². The van der Waals surface area contributed by atoms with E-state index in [0.29, 0.717) is 18.2 Å². The molecule has 0 aliphatic rings. The lowest BCUT2D eigenvalue weighted by Gasteiger charge is -2.10. The maximum Gasteiger partial charge on any atom is 0.356 e. The van der Waals surface area contributed by atoms with E-state index in [-0.39, 0.29) is 5.97 Å². The van der Waals surface area contributed by atoms with Crippen LogP contribution in [-0.2, 0) is 4.74 Å². The Morgan fingerprint density at radius 2 is 2.33 bits per heavy atom. The second kappa shape index (κ2) is 6.17. The highest BCUT2D eigenvalue weighted by atomic mass is 16.5. The minimum absolute atomic E-state index is 0.335. The van der Waals surface area contributed by atoms with Gasteiger partial charge in [0.25, 0.3) is 0 Å². The molecule has 0 fully saturated rings. The fraction of sp³-hybridized carbons (Fsp3) is 0.500. The van der Waals surface area contributed by atoms with Crippen molar-refractivity contribution in [2.45, 2.75) is 26.7 Å². The standard InChI is InChI=1S/C12H17NO2/c1-3-6-10(2)9-15-12(14)11-7-4-5-8-13-11/h4-5,7-8,10H,3,6,9H2,1-2H3. The Morgan fingerprint density at radius 1 is 1.53 bits per heavy atom. The van der Waals surface area contributed by atoms with Gasteiger partial charge in [0, 0.05) is 6.20 Å². The first-order chi connectivity index (χ1) is 7.24. The molecule has 0 aromatic carbocycles. The van der Waals surface area contributed by atoms with Gasteiger partial charge in [-0.15, -0.1) is 0 Å². The molecule has 1 atom stereocenters. The van der Waals surface area contributed by atoms with E-state index in [4.69, 9.17) is 4.74 Å². The van der Waals surface area contributed by atoms with Gasteiger partial charge in [-0.3, -0.25) is 0 Å². The summed E-state index contributed by atoms with van der Waals surface area (Å²) in [7, 11) is 0. The van der Waals surface area contributed by atoms with Crippen LogP contribution in [0.1, 0.15) is 37.2 Å². The molecule has 1 aromatic rings.